The summed E-state index contributed by atoms with van der Waals surface area (Å²) in [5, 5.41) is 7.45. The lowest BCUT2D eigenvalue weighted by atomic mass is 9.94. The van der Waals surface area contributed by atoms with E-state index in [0.717, 1.165) is 57.7 Å². The smallest absolute Gasteiger partial charge is 0.263 e. The summed E-state index contributed by atoms with van der Waals surface area (Å²) in [4.78, 5) is 20.6. The number of anilines is 4. The van der Waals surface area contributed by atoms with Gasteiger partial charge in [0.1, 0.15) is 4.88 Å². The molecule has 9 nitrogen and oxygen atoms in total. The standard InChI is InChI=1S/C28H33N5O4S2/c1-28(2)16-23-25(26(34)31-28)38-27(30-23)32-11-12-37-17-22(32)14-18-5-4-6-20(13-18)29-21-7-8-24-19(15-21)9-10-33(24)39(3,35)36/h4-8,13,15,22,29H,9-12,14,16-17H2,1-3H3,(H,31,34). The van der Waals surface area contributed by atoms with E-state index >= 15 is 0 Å². The first-order chi connectivity index (χ1) is 18.6. The van der Waals surface area contributed by atoms with Crippen LogP contribution < -0.4 is 19.8 Å². The third kappa shape index (κ3) is 5.35. The van der Waals surface area contributed by atoms with Crippen molar-refractivity contribution >= 4 is 49.5 Å². The van der Waals surface area contributed by atoms with Crippen LogP contribution in [0.2, 0.25) is 0 Å². The first-order valence-corrected chi connectivity index (χ1v) is 15.9. The van der Waals surface area contributed by atoms with Crippen molar-refractivity contribution in [2.24, 2.45) is 0 Å². The van der Waals surface area contributed by atoms with Crippen LogP contribution in [0.4, 0.5) is 22.2 Å². The molecule has 0 saturated carbocycles. The van der Waals surface area contributed by atoms with Crippen molar-refractivity contribution in [3.05, 3.63) is 64.2 Å². The van der Waals surface area contributed by atoms with Crippen molar-refractivity contribution in [1.82, 2.24) is 10.3 Å². The van der Waals surface area contributed by atoms with Crippen LogP contribution in [-0.4, -0.2) is 63.4 Å². The van der Waals surface area contributed by atoms with Gasteiger partial charge in [-0.25, -0.2) is 13.4 Å². The molecule has 0 radical (unpaired) electrons. The lowest BCUT2D eigenvalue weighted by molar-refractivity contribution is 0.0900. The fourth-order valence-electron chi connectivity index (χ4n) is 5.67. The second-order valence-corrected chi connectivity index (χ2v) is 14.1. The number of nitrogens with zero attached hydrogens (tertiary/aromatic N) is 3. The lowest BCUT2D eigenvalue weighted by Gasteiger charge is -2.35. The summed E-state index contributed by atoms with van der Waals surface area (Å²) < 4.78 is 31.4. The number of carbonyl (C=O) groups excluding carboxylic acids is 1. The largest absolute Gasteiger partial charge is 0.377 e. The fraction of sp³-hybridized carbons (Fsp3) is 0.429. The van der Waals surface area contributed by atoms with Crippen molar-refractivity contribution < 1.29 is 17.9 Å². The van der Waals surface area contributed by atoms with E-state index in [1.165, 1.54) is 27.5 Å². The van der Waals surface area contributed by atoms with Crippen molar-refractivity contribution in [2.75, 3.05) is 47.1 Å². The SMILES string of the molecule is CC1(C)Cc2nc(N3CCOCC3Cc3cccc(Nc4ccc5c(c4)CCN5S(C)(=O)=O)c3)sc2C(=O)N1. The van der Waals surface area contributed by atoms with Crippen LogP contribution >= 0.6 is 11.3 Å². The third-order valence-corrected chi connectivity index (χ3v) is 9.76. The number of hydrogen-bond acceptors (Lipinski definition) is 8. The number of nitrogens with one attached hydrogen (secondary N) is 2. The Balaban J connectivity index is 1.18. The zero-order valence-electron chi connectivity index (χ0n) is 22.4. The predicted molar refractivity (Wildman–Crippen MR) is 155 cm³/mol. The molecule has 1 fully saturated rings. The van der Waals surface area contributed by atoms with Crippen molar-refractivity contribution in [1.29, 1.82) is 0 Å². The van der Waals surface area contributed by atoms with Crippen molar-refractivity contribution in [3.63, 3.8) is 0 Å². The number of benzene rings is 2. The Bertz CT molecular complexity index is 1530. The van der Waals surface area contributed by atoms with E-state index in [0.29, 0.717) is 26.2 Å². The van der Waals surface area contributed by atoms with Gasteiger partial charge >= 0.3 is 0 Å². The molecule has 3 aromatic rings. The molecular weight excluding hydrogens is 534 g/mol. The quantitative estimate of drug-likeness (QED) is 0.468. The molecule has 1 amide bonds. The van der Waals surface area contributed by atoms with Gasteiger partial charge in [-0.2, -0.15) is 0 Å². The van der Waals surface area contributed by atoms with Crippen LogP contribution in [-0.2, 0) is 34.0 Å². The molecule has 4 heterocycles. The second kappa shape index (κ2) is 9.79. The van der Waals surface area contributed by atoms with E-state index in [4.69, 9.17) is 9.72 Å². The minimum Gasteiger partial charge on any atom is -0.377 e. The molecule has 6 rings (SSSR count). The first-order valence-electron chi connectivity index (χ1n) is 13.2. The van der Waals surface area contributed by atoms with Gasteiger partial charge in [0.2, 0.25) is 10.0 Å². The zero-order valence-corrected chi connectivity index (χ0v) is 24.0. The second-order valence-electron chi connectivity index (χ2n) is 11.2. The third-order valence-electron chi connectivity index (χ3n) is 7.45. The van der Waals surface area contributed by atoms with E-state index in [2.05, 4.69) is 27.7 Å². The number of thiazole rings is 1. The number of fused-ring (bicyclic) bond motifs is 2. The normalized spacial score (nSPS) is 20.4. The van der Waals surface area contributed by atoms with Crippen LogP contribution in [0.25, 0.3) is 0 Å². The van der Waals surface area contributed by atoms with Gasteiger partial charge in [-0.3, -0.25) is 9.10 Å². The van der Waals surface area contributed by atoms with Crippen molar-refractivity contribution in [3.8, 4) is 0 Å². The number of carbonyl (C=O) groups is 1. The summed E-state index contributed by atoms with van der Waals surface area (Å²) in [7, 11) is -3.27. The number of sulfonamides is 1. The fourth-order valence-corrected chi connectivity index (χ4v) is 7.70. The Labute approximate surface area is 233 Å². The Kier molecular flexibility index (Phi) is 6.55. The highest BCUT2D eigenvalue weighted by atomic mass is 32.2. The number of ether oxygens (including phenoxy) is 1. The molecule has 206 valence electrons. The van der Waals surface area contributed by atoms with Gasteiger partial charge in [0.15, 0.2) is 5.13 Å². The number of aromatic nitrogens is 1. The highest BCUT2D eigenvalue weighted by molar-refractivity contribution is 7.92. The highest BCUT2D eigenvalue weighted by Gasteiger charge is 2.35. The molecule has 0 aliphatic carbocycles. The molecule has 3 aliphatic heterocycles. The van der Waals surface area contributed by atoms with Gasteiger partial charge in [-0.15, -0.1) is 0 Å². The van der Waals surface area contributed by atoms with E-state index in [-0.39, 0.29) is 17.5 Å². The molecule has 1 saturated heterocycles. The van der Waals surface area contributed by atoms with Gasteiger partial charge in [0.25, 0.3) is 5.91 Å². The molecule has 39 heavy (non-hydrogen) atoms. The van der Waals surface area contributed by atoms with E-state index in [9.17, 15) is 13.2 Å². The first kappa shape index (κ1) is 26.1. The monoisotopic (exact) mass is 567 g/mol. The summed E-state index contributed by atoms with van der Waals surface area (Å²) in [5.41, 5.74) is 5.45. The number of rotatable bonds is 6. The maximum absolute atomic E-state index is 12.7. The number of amides is 1. The Morgan fingerprint density at radius 2 is 2.00 bits per heavy atom. The maximum Gasteiger partial charge on any atom is 0.263 e. The minimum absolute atomic E-state index is 0.0378. The lowest BCUT2D eigenvalue weighted by Crippen LogP contribution is -2.48. The van der Waals surface area contributed by atoms with Gasteiger partial charge < -0.3 is 20.3 Å². The van der Waals surface area contributed by atoms with Crippen LogP contribution in [0, 0.1) is 0 Å². The average molecular weight is 568 g/mol. The molecule has 3 aliphatic rings. The van der Waals surface area contributed by atoms with Crippen LogP contribution in [0.15, 0.2) is 42.5 Å². The van der Waals surface area contributed by atoms with Crippen molar-refractivity contribution in [2.45, 2.75) is 44.7 Å². The average Bonchev–Trinajstić information content (AvgIpc) is 3.48. The summed E-state index contributed by atoms with van der Waals surface area (Å²) in [5.74, 6) is -0.0378. The molecule has 0 bridgehead atoms. The van der Waals surface area contributed by atoms with Gasteiger partial charge in [0, 0.05) is 36.4 Å². The van der Waals surface area contributed by atoms with Crippen LogP contribution in [0.5, 0.6) is 0 Å². The molecule has 1 atom stereocenters. The van der Waals surface area contributed by atoms with Crippen LogP contribution in [0.1, 0.15) is 40.3 Å². The summed E-state index contributed by atoms with van der Waals surface area (Å²) in [6.45, 7) is 6.50. The molecular formula is C28H33N5O4S2. The summed E-state index contributed by atoms with van der Waals surface area (Å²) in [6, 6.07) is 14.3. The highest BCUT2D eigenvalue weighted by Crippen LogP contribution is 2.35. The number of morpholine rings is 1. The Hall–Kier alpha value is -3.15. The summed E-state index contributed by atoms with van der Waals surface area (Å²) in [6.07, 6.45) is 3.46. The molecule has 1 aromatic heterocycles. The molecule has 2 aromatic carbocycles. The number of hydrogen-bond donors (Lipinski definition) is 2. The van der Waals surface area contributed by atoms with Gasteiger partial charge in [0.05, 0.1) is 36.9 Å². The van der Waals surface area contributed by atoms with Gasteiger partial charge in [-0.1, -0.05) is 23.5 Å². The Morgan fingerprint density at radius 3 is 2.82 bits per heavy atom. The van der Waals surface area contributed by atoms with E-state index in [1.54, 1.807) is 0 Å². The maximum atomic E-state index is 12.7. The molecule has 2 N–H and O–H groups in total. The minimum atomic E-state index is -3.27. The summed E-state index contributed by atoms with van der Waals surface area (Å²) >= 11 is 1.47. The topological polar surface area (TPSA) is 104 Å². The van der Waals surface area contributed by atoms with Gasteiger partial charge in [-0.05, 0) is 68.1 Å². The van der Waals surface area contributed by atoms with E-state index in [1.807, 2.05) is 44.2 Å². The Morgan fingerprint density at radius 1 is 1.18 bits per heavy atom. The molecule has 0 spiro atoms. The van der Waals surface area contributed by atoms with Crippen LogP contribution in [0.3, 0.4) is 0 Å². The molecule has 1 unspecified atom stereocenters. The predicted octanol–water partition coefficient (Wildman–Crippen LogP) is 3.72. The van der Waals surface area contributed by atoms with E-state index < -0.39 is 10.0 Å². The molecule has 11 heteroatoms. The zero-order chi connectivity index (χ0) is 27.4.